The fourth-order valence-corrected chi connectivity index (χ4v) is 2.91. The zero-order valence-corrected chi connectivity index (χ0v) is 10.1. The second-order valence-electron chi connectivity index (χ2n) is 4.79. The van der Waals surface area contributed by atoms with Gasteiger partial charge in [-0.05, 0) is 18.1 Å². The topological polar surface area (TPSA) is 53.1 Å². The number of aliphatic hydroxyl groups excluding tert-OH is 1. The second-order valence-corrected chi connectivity index (χ2v) is 4.79. The van der Waals surface area contributed by atoms with E-state index in [1.807, 2.05) is 36.4 Å². The summed E-state index contributed by atoms with van der Waals surface area (Å²) >= 11 is 0. The van der Waals surface area contributed by atoms with Gasteiger partial charge in [-0.3, -0.25) is 4.79 Å². The monoisotopic (exact) mass is 249 g/mol. The summed E-state index contributed by atoms with van der Waals surface area (Å²) in [6, 6.07) is 7.59. The summed E-state index contributed by atoms with van der Waals surface area (Å²) in [7, 11) is 0. The van der Waals surface area contributed by atoms with Crippen LogP contribution in [0.4, 0.5) is 0 Å². The minimum Gasteiger partial charge on any atom is -0.507 e. The number of aromatic amines is 1. The fourth-order valence-electron chi connectivity index (χ4n) is 2.91. The molecule has 0 aliphatic heterocycles. The van der Waals surface area contributed by atoms with Gasteiger partial charge >= 0.3 is 0 Å². The van der Waals surface area contributed by atoms with Crippen molar-refractivity contribution >= 4 is 11.8 Å². The number of aromatic nitrogens is 1. The highest BCUT2D eigenvalue weighted by molar-refractivity contribution is 5.67. The van der Waals surface area contributed by atoms with Gasteiger partial charge < -0.3 is 10.1 Å². The Morgan fingerprint density at radius 2 is 1.95 bits per heavy atom. The van der Waals surface area contributed by atoms with Crippen molar-refractivity contribution in [3.05, 3.63) is 78.9 Å². The van der Waals surface area contributed by atoms with Crippen LogP contribution in [0.15, 0.2) is 41.2 Å². The van der Waals surface area contributed by atoms with E-state index in [0.717, 1.165) is 26.9 Å². The molecule has 0 saturated heterocycles. The molecule has 92 valence electrons. The largest absolute Gasteiger partial charge is 0.507 e. The number of allylic oxidation sites excluding steroid dienone is 2. The highest BCUT2D eigenvalue weighted by atomic mass is 16.3. The Morgan fingerprint density at radius 1 is 1.16 bits per heavy atom. The lowest BCUT2D eigenvalue weighted by atomic mass is 9.99. The Labute approximate surface area is 108 Å². The van der Waals surface area contributed by atoms with E-state index >= 15 is 0 Å². The molecule has 2 aromatic rings. The molecule has 2 aliphatic rings. The maximum absolute atomic E-state index is 12.1. The maximum atomic E-state index is 12.1. The summed E-state index contributed by atoms with van der Waals surface area (Å²) in [5.41, 5.74) is 1.59. The third kappa shape index (κ3) is 1.24. The average Bonchev–Trinajstić information content (AvgIpc) is 2.73. The van der Waals surface area contributed by atoms with Crippen LogP contribution in [0, 0.1) is 10.6 Å². The van der Waals surface area contributed by atoms with E-state index in [0.29, 0.717) is 11.6 Å². The van der Waals surface area contributed by atoms with Crippen LogP contribution in [0.25, 0.3) is 11.8 Å². The Morgan fingerprint density at radius 3 is 2.79 bits per heavy atom. The molecule has 1 aromatic heterocycles. The molecule has 3 heteroatoms. The summed E-state index contributed by atoms with van der Waals surface area (Å²) in [5.74, 6) is 0.266. The molecule has 1 aromatic carbocycles. The second kappa shape index (κ2) is 3.48. The Bertz CT molecular complexity index is 1010. The molecular weight excluding hydrogens is 238 g/mol. The van der Waals surface area contributed by atoms with Gasteiger partial charge in [-0.2, -0.15) is 0 Å². The Kier molecular flexibility index (Phi) is 1.90. The highest BCUT2D eigenvalue weighted by Crippen LogP contribution is 2.18. The van der Waals surface area contributed by atoms with Crippen LogP contribution in [0.2, 0.25) is 0 Å². The number of H-pyrrole nitrogens is 1. The lowest BCUT2D eigenvalue weighted by molar-refractivity contribution is 0.507. The number of fused-ring (bicyclic) bond motifs is 4. The molecule has 0 radical (unpaired) electrons. The molecule has 19 heavy (non-hydrogen) atoms. The van der Waals surface area contributed by atoms with Gasteiger partial charge in [0, 0.05) is 21.2 Å². The van der Waals surface area contributed by atoms with Crippen LogP contribution in [-0.2, 0) is 6.42 Å². The van der Waals surface area contributed by atoms with Gasteiger partial charge in [-0.15, -0.1) is 0 Å². The number of pyridine rings is 1. The predicted octanol–water partition coefficient (Wildman–Crippen LogP) is 0.583. The highest BCUT2D eigenvalue weighted by Gasteiger charge is 2.18. The molecule has 3 nitrogen and oxygen atoms in total. The summed E-state index contributed by atoms with van der Waals surface area (Å²) in [6.45, 7) is 0. The lowest BCUT2D eigenvalue weighted by Gasteiger charge is -2.08. The average molecular weight is 249 g/mol. The van der Waals surface area contributed by atoms with E-state index in [1.54, 1.807) is 6.08 Å². The maximum Gasteiger partial charge on any atom is 0.256 e. The van der Waals surface area contributed by atoms with Crippen molar-refractivity contribution in [3.63, 3.8) is 0 Å². The molecule has 2 N–H and O–H groups in total. The van der Waals surface area contributed by atoms with Gasteiger partial charge in [-0.1, -0.05) is 36.4 Å². The lowest BCUT2D eigenvalue weighted by Crippen LogP contribution is -2.33. The van der Waals surface area contributed by atoms with E-state index < -0.39 is 0 Å². The Balaban J connectivity index is 2.37. The van der Waals surface area contributed by atoms with Crippen LogP contribution in [0.3, 0.4) is 0 Å². The first kappa shape index (κ1) is 10.4. The number of aliphatic hydroxyl groups is 1. The fraction of sp³-hybridized carbons (Fsp3) is 0.0625. The van der Waals surface area contributed by atoms with E-state index in [9.17, 15) is 9.90 Å². The quantitative estimate of drug-likeness (QED) is 0.717. The van der Waals surface area contributed by atoms with Gasteiger partial charge in [0.05, 0.1) is 5.35 Å². The number of benzene rings is 1. The van der Waals surface area contributed by atoms with E-state index in [1.165, 1.54) is 0 Å². The first-order valence-corrected chi connectivity index (χ1v) is 6.22. The van der Waals surface area contributed by atoms with Gasteiger partial charge in [0.15, 0.2) is 0 Å². The number of nitrogens with one attached hydrogen (secondary N) is 1. The van der Waals surface area contributed by atoms with Crippen LogP contribution in [0.1, 0.15) is 11.1 Å². The van der Waals surface area contributed by atoms with Gasteiger partial charge in [-0.25, -0.2) is 0 Å². The minimum atomic E-state index is -0.0948. The zero-order chi connectivity index (χ0) is 13.0. The molecule has 0 unspecified atom stereocenters. The van der Waals surface area contributed by atoms with Gasteiger partial charge in [0.25, 0.3) is 5.56 Å². The van der Waals surface area contributed by atoms with Gasteiger partial charge in [0.2, 0.25) is 0 Å². The van der Waals surface area contributed by atoms with E-state index in [-0.39, 0.29) is 11.3 Å². The van der Waals surface area contributed by atoms with Crippen molar-refractivity contribution < 1.29 is 5.11 Å². The van der Waals surface area contributed by atoms with Crippen molar-refractivity contribution in [2.45, 2.75) is 6.42 Å². The number of rotatable bonds is 0. The van der Waals surface area contributed by atoms with Crippen molar-refractivity contribution in [1.82, 2.24) is 4.98 Å². The number of hydrogen-bond acceptors (Lipinski definition) is 2. The van der Waals surface area contributed by atoms with Crippen LogP contribution in [-0.4, -0.2) is 10.1 Å². The summed E-state index contributed by atoms with van der Waals surface area (Å²) in [4.78, 5) is 15.0. The molecule has 2 aliphatic carbocycles. The third-order valence-corrected chi connectivity index (χ3v) is 3.77. The first-order valence-electron chi connectivity index (χ1n) is 6.22. The molecule has 0 bridgehead atoms. The summed E-state index contributed by atoms with van der Waals surface area (Å²) in [6.07, 6.45) is 6.35. The molecule has 0 saturated carbocycles. The number of hydrogen-bond donors (Lipinski definition) is 2. The molecular formula is C16H11NO2. The van der Waals surface area contributed by atoms with Crippen molar-refractivity contribution in [2.75, 3.05) is 0 Å². The van der Waals surface area contributed by atoms with Crippen LogP contribution >= 0.6 is 0 Å². The third-order valence-electron chi connectivity index (χ3n) is 3.77. The van der Waals surface area contributed by atoms with Crippen molar-refractivity contribution in [1.29, 1.82) is 0 Å². The predicted molar refractivity (Wildman–Crippen MR) is 72.9 cm³/mol. The van der Waals surface area contributed by atoms with Gasteiger partial charge in [0.1, 0.15) is 5.76 Å². The van der Waals surface area contributed by atoms with Crippen LogP contribution in [0.5, 0.6) is 0 Å². The van der Waals surface area contributed by atoms with Crippen molar-refractivity contribution in [2.24, 2.45) is 0 Å². The molecule has 0 atom stereocenters. The summed E-state index contributed by atoms with van der Waals surface area (Å²) in [5, 5.41) is 13.5. The molecule has 0 fully saturated rings. The minimum absolute atomic E-state index is 0.0948. The Hall–Kier alpha value is -2.55. The standard InChI is InChI=1S/C16H11NO2/c18-15-11-7-3-2-6-10(11)14-13(15)9-5-1-4-8-12(9)16(19)17-14/h1-4,6-8,18H,5H2,(H,17,19). The summed E-state index contributed by atoms with van der Waals surface area (Å²) < 4.78 is 0. The molecule has 0 amide bonds. The SMILES string of the molecule is O=c1[nH]c2c(c3c1=CC=CC3)C(O)=c1ccccc1=2. The van der Waals surface area contributed by atoms with Crippen molar-refractivity contribution in [3.8, 4) is 0 Å². The molecule has 1 heterocycles. The molecule has 0 spiro atoms. The van der Waals surface area contributed by atoms with E-state index in [2.05, 4.69) is 4.98 Å². The zero-order valence-electron chi connectivity index (χ0n) is 10.1. The first-order chi connectivity index (χ1) is 9.27. The van der Waals surface area contributed by atoms with Crippen LogP contribution < -0.4 is 16.0 Å². The molecule has 4 rings (SSSR count). The normalized spacial score (nSPS) is 14.6. The smallest absolute Gasteiger partial charge is 0.256 e. The van der Waals surface area contributed by atoms with E-state index in [4.69, 9.17) is 0 Å².